The van der Waals surface area contributed by atoms with E-state index in [4.69, 9.17) is 28.4 Å². The Bertz CT molecular complexity index is 1450. The average molecular weight is 1050 g/mol. The van der Waals surface area contributed by atoms with Crippen molar-refractivity contribution in [2.45, 2.75) is 280 Å². The Morgan fingerprint density at radius 3 is 1.38 bits per heavy atom. The van der Waals surface area contributed by atoms with Gasteiger partial charge in [0.15, 0.2) is 12.6 Å². The molecular weight excluding hydrogens is 945 g/mol. The van der Waals surface area contributed by atoms with Gasteiger partial charge in [-0.2, -0.15) is 0 Å². The molecule has 74 heavy (non-hydrogen) atoms. The quantitative estimate of drug-likeness (QED) is 0.0172. The first-order valence-corrected chi connectivity index (χ1v) is 29.4. The van der Waals surface area contributed by atoms with Gasteiger partial charge >= 0.3 is 5.97 Å². The molecule has 11 atom stereocenters. The van der Waals surface area contributed by atoms with E-state index in [-0.39, 0.29) is 25.6 Å². The van der Waals surface area contributed by atoms with Gasteiger partial charge in [-0.15, -0.1) is 0 Å². The summed E-state index contributed by atoms with van der Waals surface area (Å²) in [4.78, 5) is 13.1. The maximum Gasteiger partial charge on any atom is 0.306 e. The van der Waals surface area contributed by atoms with Gasteiger partial charge in [0.1, 0.15) is 54.9 Å². The number of allylic oxidation sites excluding steroid dienone is 10. The highest BCUT2D eigenvalue weighted by Crippen LogP contribution is 2.27. The smallest absolute Gasteiger partial charge is 0.306 e. The number of hydrogen-bond acceptors (Lipinski definition) is 14. The second-order valence-corrected chi connectivity index (χ2v) is 20.4. The summed E-state index contributed by atoms with van der Waals surface area (Å²) < 4.78 is 34.4. The second kappa shape index (κ2) is 46.8. The summed E-state index contributed by atoms with van der Waals surface area (Å²) in [5, 5.41) is 72.4. The number of aliphatic hydroxyl groups excluding tert-OH is 7. The van der Waals surface area contributed by atoms with Crippen molar-refractivity contribution in [1.82, 2.24) is 0 Å². The van der Waals surface area contributed by atoms with Gasteiger partial charge in [0.25, 0.3) is 0 Å². The molecule has 0 aliphatic carbocycles. The summed E-state index contributed by atoms with van der Waals surface area (Å²) in [6.07, 6.45) is 41.3. The van der Waals surface area contributed by atoms with Crippen molar-refractivity contribution in [3.8, 4) is 0 Å². The molecule has 0 aromatic rings. The SMILES string of the molecule is CC/C=C\C/C=C\C/C=C\C/C=C\C/C=C\CCCCCCCCCC(=O)OC(COCCCCCCCCCCCCCCCCCCC)COC1OC(COC2OC(CO)C(O)C(O)C2O)C(O)C(O)C1O. The van der Waals surface area contributed by atoms with Crippen LogP contribution in [0.15, 0.2) is 60.8 Å². The minimum atomic E-state index is -1.71. The molecule has 0 aromatic heterocycles. The van der Waals surface area contributed by atoms with Gasteiger partial charge in [0, 0.05) is 13.0 Å². The third-order valence-electron chi connectivity index (χ3n) is 13.8. The van der Waals surface area contributed by atoms with Crippen molar-refractivity contribution in [1.29, 1.82) is 0 Å². The summed E-state index contributed by atoms with van der Waals surface area (Å²) in [5.41, 5.74) is 0. The van der Waals surface area contributed by atoms with Gasteiger partial charge < -0.3 is 64.2 Å². The molecule has 7 N–H and O–H groups in total. The maximum atomic E-state index is 13.1. The average Bonchev–Trinajstić information content (AvgIpc) is 3.40. The third-order valence-corrected chi connectivity index (χ3v) is 13.8. The molecule has 0 saturated carbocycles. The molecule has 2 rings (SSSR count). The number of aliphatic hydroxyl groups is 7. The number of carbonyl (C=O) groups excluding carboxylic acids is 1. The summed E-state index contributed by atoms with van der Waals surface area (Å²) in [6, 6.07) is 0. The van der Waals surface area contributed by atoms with E-state index in [1.54, 1.807) is 0 Å². The first-order valence-electron chi connectivity index (χ1n) is 29.4. The van der Waals surface area contributed by atoms with Crippen molar-refractivity contribution in [2.24, 2.45) is 0 Å². The van der Waals surface area contributed by atoms with Crippen LogP contribution in [0.25, 0.3) is 0 Å². The van der Waals surface area contributed by atoms with Crippen LogP contribution in [0, 0.1) is 0 Å². The molecule has 11 unspecified atom stereocenters. The molecular formula is C60H106O14. The number of hydrogen-bond donors (Lipinski definition) is 7. The summed E-state index contributed by atoms with van der Waals surface area (Å²) >= 11 is 0. The fourth-order valence-corrected chi connectivity index (χ4v) is 9.08. The number of ether oxygens (including phenoxy) is 6. The Morgan fingerprint density at radius 1 is 0.459 bits per heavy atom. The highest BCUT2D eigenvalue weighted by Gasteiger charge is 2.47. The van der Waals surface area contributed by atoms with Crippen molar-refractivity contribution in [2.75, 3.05) is 33.0 Å². The molecule has 0 amide bonds. The van der Waals surface area contributed by atoms with E-state index in [0.29, 0.717) is 13.0 Å². The Hall–Kier alpha value is -2.31. The van der Waals surface area contributed by atoms with Gasteiger partial charge in [-0.1, -0.05) is 209 Å². The van der Waals surface area contributed by atoms with Crippen molar-refractivity contribution in [3.05, 3.63) is 60.8 Å². The lowest BCUT2D eigenvalue weighted by molar-refractivity contribution is -0.332. The zero-order valence-electron chi connectivity index (χ0n) is 46.1. The van der Waals surface area contributed by atoms with Crippen LogP contribution in [0.5, 0.6) is 0 Å². The zero-order chi connectivity index (χ0) is 53.7. The van der Waals surface area contributed by atoms with E-state index in [2.05, 4.69) is 74.6 Å². The lowest BCUT2D eigenvalue weighted by atomic mass is 9.98. The van der Waals surface area contributed by atoms with Gasteiger partial charge in [-0.25, -0.2) is 0 Å². The topological polar surface area (TPSA) is 214 Å². The van der Waals surface area contributed by atoms with Gasteiger partial charge in [-0.05, 0) is 57.8 Å². The molecule has 0 radical (unpaired) electrons. The van der Waals surface area contributed by atoms with Crippen molar-refractivity contribution < 1.29 is 69.0 Å². The van der Waals surface area contributed by atoms with Crippen LogP contribution < -0.4 is 0 Å². The Kier molecular flexibility index (Phi) is 42.8. The number of unbranched alkanes of at least 4 members (excludes halogenated alkanes) is 23. The van der Waals surface area contributed by atoms with Crippen molar-refractivity contribution >= 4 is 5.97 Å². The fraction of sp³-hybridized carbons (Fsp3) is 0.817. The highest BCUT2D eigenvalue weighted by atomic mass is 16.7. The van der Waals surface area contributed by atoms with Gasteiger partial charge in [0.2, 0.25) is 0 Å². The third kappa shape index (κ3) is 33.1. The maximum absolute atomic E-state index is 13.1. The van der Waals surface area contributed by atoms with E-state index in [1.807, 2.05) is 0 Å². The molecule has 14 nitrogen and oxygen atoms in total. The summed E-state index contributed by atoms with van der Waals surface area (Å²) in [6.45, 7) is 3.59. The van der Waals surface area contributed by atoms with E-state index < -0.39 is 80.7 Å². The van der Waals surface area contributed by atoms with Gasteiger partial charge in [-0.3, -0.25) is 4.79 Å². The van der Waals surface area contributed by atoms with Crippen LogP contribution >= 0.6 is 0 Å². The molecule has 0 spiro atoms. The number of esters is 1. The molecule has 2 fully saturated rings. The standard InChI is InChI=1S/C60H106O14/c1-3-5-7-9-11-13-15-17-19-21-22-23-24-25-26-27-29-31-33-35-37-39-41-43-52(62)72-49(46-69-44-42-40-38-36-34-32-30-28-20-18-16-14-12-10-8-6-4-2)47-70-59-58(68)56(66)54(64)51(74-59)48-71-60-57(67)55(65)53(63)50(45-61)73-60/h5,7,11,13,17,19,22-23,25-26,49-51,53-61,63-68H,3-4,6,8-10,12,14-16,18,20-21,24,27-48H2,1-2H3/b7-5-,13-11-,19-17-,23-22-,26-25-. The van der Waals surface area contributed by atoms with Crippen LogP contribution in [0.1, 0.15) is 213 Å². The molecule has 0 bridgehead atoms. The fourth-order valence-electron chi connectivity index (χ4n) is 9.08. The minimum absolute atomic E-state index is 0.0574. The largest absolute Gasteiger partial charge is 0.457 e. The van der Waals surface area contributed by atoms with E-state index >= 15 is 0 Å². The number of carbonyl (C=O) groups is 1. The minimum Gasteiger partial charge on any atom is -0.457 e. The highest BCUT2D eigenvalue weighted by molar-refractivity contribution is 5.69. The van der Waals surface area contributed by atoms with E-state index in [1.165, 1.54) is 103 Å². The van der Waals surface area contributed by atoms with E-state index in [0.717, 1.165) is 83.5 Å². The lowest BCUT2D eigenvalue weighted by Crippen LogP contribution is -2.61. The molecule has 2 heterocycles. The molecule has 2 aliphatic rings. The predicted molar refractivity (Wildman–Crippen MR) is 293 cm³/mol. The first kappa shape index (κ1) is 67.8. The van der Waals surface area contributed by atoms with Crippen LogP contribution in [0.2, 0.25) is 0 Å². The van der Waals surface area contributed by atoms with Crippen LogP contribution in [-0.2, 0) is 33.2 Å². The summed E-state index contributed by atoms with van der Waals surface area (Å²) in [7, 11) is 0. The Morgan fingerprint density at radius 2 is 0.878 bits per heavy atom. The lowest BCUT2D eigenvalue weighted by Gasteiger charge is -2.42. The number of rotatable bonds is 47. The zero-order valence-corrected chi connectivity index (χ0v) is 46.1. The van der Waals surface area contributed by atoms with Crippen LogP contribution in [0.4, 0.5) is 0 Å². The van der Waals surface area contributed by atoms with Crippen molar-refractivity contribution in [3.63, 3.8) is 0 Å². The predicted octanol–water partition coefficient (Wildman–Crippen LogP) is 10.5. The molecule has 2 saturated heterocycles. The van der Waals surface area contributed by atoms with E-state index in [9.17, 15) is 40.5 Å². The summed E-state index contributed by atoms with van der Waals surface area (Å²) in [5.74, 6) is -0.386. The van der Waals surface area contributed by atoms with Gasteiger partial charge in [0.05, 0.1) is 26.4 Å². The first-order chi connectivity index (χ1) is 36.1. The molecule has 14 heteroatoms. The molecule has 2 aliphatic heterocycles. The Labute approximate surface area is 447 Å². The molecule has 0 aromatic carbocycles. The molecule has 430 valence electrons. The van der Waals surface area contributed by atoms with Crippen LogP contribution in [-0.4, -0.2) is 142 Å². The second-order valence-electron chi connectivity index (χ2n) is 20.4. The normalized spacial score (nSPS) is 25.2. The van der Waals surface area contributed by atoms with Crippen LogP contribution in [0.3, 0.4) is 0 Å². The monoisotopic (exact) mass is 1050 g/mol. The Balaban J connectivity index is 1.72.